The summed E-state index contributed by atoms with van der Waals surface area (Å²) >= 11 is 0. The summed E-state index contributed by atoms with van der Waals surface area (Å²) in [7, 11) is 0. The molecule has 0 aliphatic rings. The van der Waals surface area contributed by atoms with Gasteiger partial charge in [-0.2, -0.15) is 0 Å². The van der Waals surface area contributed by atoms with Gasteiger partial charge in [-0.25, -0.2) is 0 Å². The standard InChI is InChI=1S/C33H52O2/c1-2-3-4-5-6-7-8-9-10-11-12-13-15-18-21-24-27-30-33(35)31-28-25-22-19-16-14-17-20-23-26-29-32-34/h11-13,15,17,20,22-23,25-26,28,31-32H,2-10,14,16,18-19,21,24,27,29-30H2,1H3. The van der Waals surface area contributed by atoms with Gasteiger partial charge in [0.05, 0.1) is 0 Å². The molecule has 0 saturated heterocycles. The molecule has 0 heterocycles. The lowest BCUT2D eigenvalue weighted by Gasteiger charge is -1.99. The molecule has 0 aliphatic heterocycles. The lowest BCUT2D eigenvalue weighted by molar-refractivity contribution is -0.114. The van der Waals surface area contributed by atoms with Crippen LogP contribution in [0.15, 0.2) is 72.9 Å². The molecule has 0 fully saturated rings. The number of unbranched alkanes of at least 4 members (excludes halogenated alkanes) is 13. The minimum atomic E-state index is 0.221. The van der Waals surface area contributed by atoms with Crippen molar-refractivity contribution < 1.29 is 9.59 Å². The van der Waals surface area contributed by atoms with Gasteiger partial charge in [0, 0.05) is 12.8 Å². The number of aldehydes is 1. The first kappa shape index (κ1) is 32.8. The number of rotatable bonds is 25. The van der Waals surface area contributed by atoms with Crippen LogP contribution in [0.25, 0.3) is 0 Å². The SMILES string of the molecule is CCCCCCCCCCC=CC=CCCCCCC(=O)C=CC=CCCCC=CC=CCC=O. The van der Waals surface area contributed by atoms with Gasteiger partial charge in [0.1, 0.15) is 6.29 Å². The lowest BCUT2D eigenvalue weighted by Crippen LogP contribution is -1.91. The van der Waals surface area contributed by atoms with Crippen LogP contribution in [0.3, 0.4) is 0 Å². The third-order valence-corrected chi connectivity index (χ3v) is 5.79. The lowest BCUT2D eigenvalue weighted by atomic mass is 10.1. The predicted octanol–water partition coefficient (Wildman–Crippen LogP) is 10.1. The molecule has 0 N–H and O–H groups in total. The van der Waals surface area contributed by atoms with Crippen molar-refractivity contribution in [2.45, 2.75) is 122 Å². The fourth-order valence-corrected chi connectivity index (χ4v) is 3.65. The number of carbonyl (C=O) groups excluding carboxylic acids is 2. The minimum Gasteiger partial charge on any atom is -0.303 e. The molecule has 2 heteroatoms. The van der Waals surface area contributed by atoms with E-state index in [1.165, 1.54) is 57.8 Å². The van der Waals surface area contributed by atoms with E-state index in [9.17, 15) is 9.59 Å². The predicted molar refractivity (Wildman–Crippen MR) is 155 cm³/mol. The van der Waals surface area contributed by atoms with Crippen molar-refractivity contribution in [2.75, 3.05) is 0 Å². The molecule has 0 bridgehead atoms. The van der Waals surface area contributed by atoms with Crippen LogP contribution in [0.5, 0.6) is 0 Å². The highest BCUT2D eigenvalue weighted by molar-refractivity contribution is 5.89. The van der Waals surface area contributed by atoms with Crippen LogP contribution in [0.4, 0.5) is 0 Å². The number of hydrogen-bond donors (Lipinski definition) is 0. The van der Waals surface area contributed by atoms with Crippen LogP contribution in [0, 0.1) is 0 Å². The van der Waals surface area contributed by atoms with Crippen LogP contribution in [-0.2, 0) is 9.59 Å². The second-order valence-electron chi connectivity index (χ2n) is 9.16. The first-order valence-electron chi connectivity index (χ1n) is 14.2. The van der Waals surface area contributed by atoms with Crippen LogP contribution >= 0.6 is 0 Å². The number of ketones is 1. The van der Waals surface area contributed by atoms with E-state index in [1.54, 1.807) is 6.08 Å². The summed E-state index contributed by atoms with van der Waals surface area (Å²) < 4.78 is 0. The minimum absolute atomic E-state index is 0.221. The molecule has 0 aromatic rings. The average molecular weight is 481 g/mol. The highest BCUT2D eigenvalue weighted by Crippen LogP contribution is 2.10. The maximum absolute atomic E-state index is 11.9. The van der Waals surface area contributed by atoms with Crippen LogP contribution in [0.2, 0.25) is 0 Å². The van der Waals surface area contributed by atoms with E-state index in [0.29, 0.717) is 12.8 Å². The Morgan fingerprint density at radius 1 is 0.514 bits per heavy atom. The molecule has 0 saturated carbocycles. The second-order valence-corrected chi connectivity index (χ2v) is 9.16. The van der Waals surface area contributed by atoms with E-state index in [0.717, 1.165) is 51.2 Å². The third-order valence-electron chi connectivity index (χ3n) is 5.79. The molecule has 0 aliphatic carbocycles. The van der Waals surface area contributed by atoms with E-state index >= 15 is 0 Å². The topological polar surface area (TPSA) is 34.1 Å². The van der Waals surface area contributed by atoms with Crippen LogP contribution < -0.4 is 0 Å². The zero-order chi connectivity index (χ0) is 25.5. The largest absolute Gasteiger partial charge is 0.303 e. The summed E-state index contributed by atoms with van der Waals surface area (Å²) in [6, 6.07) is 0. The fraction of sp³-hybridized carbons (Fsp3) is 0.576. The Bertz CT molecular complexity index is 646. The van der Waals surface area contributed by atoms with Gasteiger partial charge in [-0.3, -0.25) is 4.79 Å². The first-order valence-corrected chi connectivity index (χ1v) is 14.2. The fourth-order valence-electron chi connectivity index (χ4n) is 3.65. The molecule has 0 aromatic heterocycles. The Balaban J connectivity index is 3.50. The summed E-state index contributed by atoms with van der Waals surface area (Å²) in [6.45, 7) is 2.27. The normalized spacial score (nSPS) is 12.6. The summed E-state index contributed by atoms with van der Waals surface area (Å²) in [6.07, 6.45) is 46.1. The van der Waals surface area contributed by atoms with Crippen molar-refractivity contribution in [3.8, 4) is 0 Å². The van der Waals surface area contributed by atoms with Gasteiger partial charge in [-0.05, 0) is 57.4 Å². The van der Waals surface area contributed by atoms with Crippen LogP contribution in [-0.4, -0.2) is 12.1 Å². The zero-order valence-corrected chi connectivity index (χ0v) is 22.5. The van der Waals surface area contributed by atoms with Crippen LogP contribution in [0.1, 0.15) is 122 Å². The number of allylic oxidation sites excluding steroid dienone is 12. The molecular formula is C33H52O2. The summed E-state index contributed by atoms with van der Waals surface area (Å²) in [5.41, 5.74) is 0. The highest BCUT2D eigenvalue weighted by Gasteiger charge is 1.95. The Hall–Kier alpha value is -2.22. The van der Waals surface area contributed by atoms with E-state index in [2.05, 4.69) is 43.4 Å². The Morgan fingerprint density at radius 3 is 1.54 bits per heavy atom. The average Bonchev–Trinajstić information content (AvgIpc) is 2.86. The molecule has 0 unspecified atom stereocenters. The zero-order valence-electron chi connectivity index (χ0n) is 22.5. The molecule has 0 atom stereocenters. The van der Waals surface area contributed by atoms with Crippen molar-refractivity contribution in [3.05, 3.63) is 72.9 Å². The summed E-state index contributed by atoms with van der Waals surface area (Å²) in [4.78, 5) is 22.1. The number of hydrogen-bond acceptors (Lipinski definition) is 2. The van der Waals surface area contributed by atoms with E-state index in [4.69, 9.17) is 0 Å². The molecule has 0 aromatic carbocycles. The van der Waals surface area contributed by atoms with Gasteiger partial charge >= 0.3 is 0 Å². The monoisotopic (exact) mass is 480 g/mol. The molecule has 0 rings (SSSR count). The van der Waals surface area contributed by atoms with Gasteiger partial charge in [0.25, 0.3) is 0 Å². The van der Waals surface area contributed by atoms with Crippen molar-refractivity contribution in [2.24, 2.45) is 0 Å². The third kappa shape index (κ3) is 29.7. The summed E-state index contributed by atoms with van der Waals surface area (Å²) in [5.74, 6) is 0.221. The molecule has 0 spiro atoms. The molecule has 0 amide bonds. The molecular weight excluding hydrogens is 428 g/mol. The Morgan fingerprint density at radius 2 is 0.971 bits per heavy atom. The smallest absolute Gasteiger partial charge is 0.155 e. The van der Waals surface area contributed by atoms with Gasteiger partial charge in [0.15, 0.2) is 5.78 Å². The van der Waals surface area contributed by atoms with Gasteiger partial charge in [0.2, 0.25) is 0 Å². The Kier molecular flexibility index (Phi) is 27.9. The van der Waals surface area contributed by atoms with Gasteiger partial charge in [-0.1, -0.05) is 125 Å². The maximum atomic E-state index is 11.9. The summed E-state index contributed by atoms with van der Waals surface area (Å²) in [5, 5.41) is 0. The second kappa shape index (κ2) is 29.8. The van der Waals surface area contributed by atoms with Crippen molar-refractivity contribution in [1.29, 1.82) is 0 Å². The number of carbonyl (C=O) groups is 2. The molecule has 0 radical (unpaired) electrons. The van der Waals surface area contributed by atoms with Gasteiger partial charge in [-0.15, -0.1) is 0 Å². The van der Waals surface area contributed by atoms with E-state index in [-0.39, 0.29) is 5.78 Å². The molecule has 2 nitrogen and oxygen atoms in total. The van der Waals surface area contributed by atoms with Crippen molar-refractivity contribution in [1.82, 2.24) is 0 Å². The molecule has 196 valence electrons. The van der Waals surface area contributed by atoms with E-state index in [1.807, 2.05) is 30.4 Å². The van der Waals surface area contributed by atoms with Gasteiger partial charge < -0.3 is 4.79 Å². The van der Waals surface area contributed by atoms with E-state index < -0.39 is 0 Å². The quantitative estimate of drug-likeness (QED) is 0.0563. The maximum Gasteiger partial charge on any atom is 0.155 e. The molecule has 35 heavy (non-hydrogen) atoms. The van der Waals surface area contributed by atoms with Crippen molar-refractivity contribution in [3.63, 3.8) is 0 Å². The van der Waals surface area contributed by atoms with Crippen molar-refractivity contribution >= 4 is 12.1 Å². The first-order chi connectivity index (χ1) is 17.3. The highest BCUT2D eigenvalue weighted by atomic mass is 16.1. The Labute approximate surface area is 217 Å².